The number of nitrogens with zero attached hydrogens (tertiary/aromatic N) is 2. The molecule has 118 valence electrons. The summed E-state index contributed by atoms with van der Waals surface area (Å²) in [6.45, 7) is 0. The van der Waals surface area contributed by atoms with Crippen LogP contribution in [0.4, 0.5) is 0 Å². The number of rotatable bonds is 3. The molecule has 1 aromatic rings. The van der Waals surface area contributed by atoms with Crippen LogP contribution in [0.5, 0.6) is 0 Å². The van der Waals surface area contributed by atoms with Crippen molar-refractivity contribution in [1.29, 1.82) is 0 Å². The Morgan fingerprint density at radius 2 is 2.00 bits per heavy atom. The first-order valence-corrected chi connectivity index (χ1v) is 8.23. The van der Waals surface area contributed by atoms with Crippen LogP contribution in [0.15, 0.2) is 35.3 Å². The maximum absolute atomic E-state index is 12.3. The molecule has 0 aromatic carbocycles. The van der Waals surface area contributed by atoms with Gasteiger partial charge in [0.25, 0.3) is 5.56 Å². The largest absolute Gasteiger partial charge is 0.353 e. The van der Waals surface area contributed by atoms with E-state index in [-0.39, 0.29) is 29.5 Å². The summed E-state index contributed by atoms with van der Waals surface area (Å²) in [6.07, 6.45) is 12.4. The maximum Gasteiger partial charge on any atom is 0.266 e. The molecule has 0 saturated heterocycles. The third kappa shape index (κ3) is 3.46. The van der Waals surface area contributed by atoms with Gasteiger partial charge in [-0.25, -0.2) is 4.68 Å². The van der Waals surface area contributed by atoms with E-state index in [4.69, 9.17) is 0 Å². The first-order valence-electron chi connectivity index (χ1n) is 8.23. The van der Waals surface area contributed by atoms with Crippen molar-refractivity contribution >= 4 is 5.91 Å². The quantitative estimate of drug-likeness (QED) is 0.871. The predicted octanol–water partition coefficient (Wildman–Crippen LogP) is 2.20. The second kappa shape index (κ2) is 6.90. The van der Waals surface area contributed by atoms with Gasteiger partial charge in [0, 0.05) is 24.2 Å². The van der Waals surface area contributed by atoms with Crippen molar-refractivity contribution in [2.45, 2.75) is 57.0 Å². The van der Waals surface area contributed by atoms with Crippen LogP contribution in [-0.2, 0) is 4.79 Å². The van der Waals surface area contributed by atoms with Crippen LogP contribution in [0.1, 0.15) is 51.0 Å². The number of carbonyl (C=O) groups excluding carboxylic acids is 1. The van der Waals surface area contributed by atoms with Crippen molar-refractivity contribution in [2.24, 2.45) is 5.92 Å². The molecule has 2 aliphatic rings. The number of amides is 1. The second-order valence-electron chi connectivity index (χ2n) is 6.30. The van der Waals surface area contributed by atoms with Gasteiger partial charge in [-0.2, -0.15) is 5.10 Å². The van der Waals surface area contributed by atoms with E-state index in [2.05, 4.69) is 22.6 Å². The highest BCUT2D eigenvalue weighted by Crippen LogP contribution is 2.27. The van der Waals surface area contributed by atoms with E-state index in [0.29, 0.717) is 0 Å². The smallest absolute Gasteiger partial charge is 0.266 e. The van der Waals surface area contributed by atoms with E-state index in [1.165, 1.54) is 0 Å². The molecule has 1 heterocycles. The Kier molecular flexibility index (Phi) is 4.71. The fourth-order valence-corrected chi connectivity index (χ4v) is 3.46. The van der Waals surface area contributed by atoms with Crippen molar-refractivity contribution in [3.05, 3.63) is 40.8 Å². The van der Waals surface area contributed by atoms with E-state index < -0.39 is 0 Å². The van der Waals surface area contributed by atoms with Crippen LogP contribution in [0, 0.1) is 5.92 Å². The Hall–Kier alpha value is -1.91. The van der Waals surface area contributed by atoms with Crippen molar-refractivity contribution in [3.8, 4) is 0 Å². The standard InChI is InChI=1S/C17H23N3O2/c21-16-7-4-12-18-20(16)15-10-8-14(9-11-15)19-17(22)13-5-2-1-3-6-13/h1-2,4,7,12-15H,3,5-6,8-11H2,(H,19,22). The third-order valence-corrected chi connectivity index (χ3v) is 4.77. The SMILES string of the molecule is O=C(NC1CCC(n2ncccc2=O)CC1)C1CC=CCC1. The van der Waals surface area contributed by atoms with Gasteiger partial charge >= 0.3 is 0 Å². The minimum absolute atomic E-state index is 0.0380. The molecule has 1 N–H and O–H groups in total. The third-order valence-electron chi connectivity index (χ3n) is 4.77. The normalized spacial score (nSPS) is 28.3. The Bertz CT molecular complexity index is 600. The molecular formula is C17H23N3O2. The minimum atomic E-state index is -0.0380. The average molecular weight is 301 g/mol. The Labute approximate surface area is 130 Å². The molecule has 22 heavy (non-hydrogen) atoms. The highest BCUT2D eigenvalue weighted by molar-refractivity contribution is 5.79. The van der Waals surface area contributed by atoms with Gasteiger partial charge in [-0.3, -0.25) is 9.59 Å². The first-order chi connectivity index (χ1) is 10.7. The number of hydrogen-bond donors (Lipinski definition) is 1. The van der Waals surface area contributed by atoms with Crippen molar-refractivity contribution < 1.29 is 4.79 Å². The second-order valence-corrected chi connectivity index (χ2v) is 6.30. The summed E-state index contributed by atoms with van der Waals surface area (Å²) in [5, 5.41) is 7.37. The number of aromatic nitrogens is 2. The van der Waals surface area contributed by atoms with Crippen molar-refractivity contribution in [2.75, 3.05) is 0 Å². The van der Waals surface area contributed by atoms with Gasteiger partial charge in [0.2, 0.25) is 5.91 Å². The number of nitrogens with one attached hydrogen (secondary N) is 1. The topological polar surface area (TPSA) is 64.0 Å². The highest BCUT2D eigenvalue weighted by Gasteiger charge is 2.27. The highest BCUT2D eigenvalue weighted by atomic mass is 16.2. The number of allylic oxidation sites excluding steroid dienone is 2. The van der Waals surface area contributed by atoms with E-state index in [9.17, 15) is 9.59 Å². The fraction of sp³-hybridized carbons (Fsp3) is 0.588. The Morgan fingerprint density at radius 3 is 2.68 bits per heavy atom. The van der Waals surface area contributed by atoms with Gasteiger partial charge in [-0.05, 0) is 51.0 Å². The summed E-state index contributed by atoms with van der Waals surface area (Å²) in [5.74, 6) is 0.337. The molecule has 1 saturated carbocycles. The molecule has 1 aromatic heterocycles. The van der Waals surface area contributed by atoms with Crippen LogP contribution < -0.4 is 10.9 Å². The minimum Gasteiger partial charge on any atom is -0.353 e. The summed E-state index contributed by atoms with van der Waals surface area (Å²) in [4.78, 5) is 24.1. The summed E-state index contributed by atoms with van der Waals surface area (Å²) in [6, 6.07) is 3.63. The lowest BCUT2D eigenvalue weighted by Crippen LogP contribution is -2.42. The maximum atomic E-state index is 12.3. The van der Waals surface area contributed by atoms with Gasteiger partial charge in [0.1, 0.15) is 0 Å². The predicted molar refractivity (Wildman–Crippen MR) is 84.4 cm³/mol. The van der Waals surface area contributed by atoms with Crippen LogP contribution in [0.3, 0.4) is 0 Å². The molecule has 5 heteroatoms. The molecule has 5 nitrogen and oxygen atoms in total. The molecule has 1 atom stereocenters. The van der Waals surface area contributed by atoms with Gasteiger partial charge < -0.3 is 5.32 Å². The molecule has 0 aliphatic heterocycles. The number of hydrogen-bond acceptors (Lipinski definition) is 3. The fourth-order valence-electron chi connectivity index (χ4n) is 3.46. The van der Waals surface area contributed by atoms with Crippen LogP contribution in [0.25, 0.3) is 0 Å². The van der Waals surface area contributed by atoms with Crippen LogP contribution in [-0.4, -0.2) is 21.7 Å². The number of carbonyl (C=O) groups is 1. The Morgan fingerprint density at radius 1 is 1.18 bits per heavy atom. The van der Waals surface area contributed by atoms with E-state index in [1.807, 2.05) is 0 Å². The molecule has 1 fully saturated rings. The van der Waals surface area contributed by atoms with Crippen LogP contribution >= 0.6 is 0 Å². The van der Waals surface area contributed by atoms with E-state index in [1.54, 1.807) is 23.0 Å². The van der Waals surface area contributed by atoms with Gasteiger partial charge in [-0.1, -0.05) is 12.2 Å². The lowest BCUT2D eigenvalue weighted by atomic mass is 9.89. The zero-order valence-electron chi connectivity index (χ0n) is 12.8. The molecule has 0 spiro atoms. The van der Waals surface area contributed by atoms with Crippen molar-refractivity contribution in [1.82, 2.24) is 15.1 Å². The zero-order valence-corrected chi connectivity index (χ0v) is 12.8. The molecule has 1 unspecified atom stereocenters. The zero-order chi connectivity index (χ0) is 15.4. The lowest BCUT2D eigenvalue weighted by molar-refractivity contribution is -0.126. The van der Waals surface area contributed by atoms with Gasteiger partial charge in [0.05, 0.1) is 6.04 Å². The molecular weight excluding hydrogens is 278 g/mol. The first kappa shape index (κ1) is 15.0. The van der Waals surface area contributed by atoms with E-state index in [0.717, 1.165) is 44.9 Å². The summed E-state index contributed by atoms with van der Waals surface area (Å²) in [7, 11) is 0. The lowest BCUT2D eigenvalue weighted by Gasteiger charge is -2.30. The summed E-state index contributed by atoms with van der Waals surface area (Å²) in [5.41, 5.74) is -0.0380. The summed E-state index contributed by atoms with van der Waals surface area (Å²) < 4.78 is 1.59. The molecule has 2 aliphatic carbocycles. The van der Waals surface area contributed by atoms with Crippen molar-refractivity contribution in [3.63, 3.8) is 0 Å². The Balaban J connectivity index is 1.51. The molecule has 3 rings (SSSR count). The molecule has 0 bridgehead atoms. The van der Waals surface area contributed by atoms with E-state index >= 15 is 0 Å². The average Bonchev–Trinajstić information content (AvgIpc) is 2.57. The van der Waals surface area contributed by atoms with Crippen LogP contribution in [0.2, 0.25) is 0 Å². The monoisotopic (exact) mass is 301 g/mol. The molecule has 0 radical (unpaired) electrons. The summed E-state index contributed by atoms with van der Waals surface area (Å²) >= 11 is 0. The van der Waals surface area contributed by atoms with Gasteiger partial charge in [0.15, 0.2) is 0 Å². The molecule has 1 amide bonds. The van der Waals surface area contributed by atoms with Gasteiger partial charge in [-0.15, -0.1) is 0 Å².